The van der Waals surface area contributed by atoms with Crippen molar-refractivity contribution < 1.29 is 24.8 Å². The smallest absolute Gasteiger partial charge is 0.184 e. The Kier molecular flexibility index (Phi) is 4.28. The summed E-state index contributed by atoms with van der Waals surface area (Å²) in [6.45, 7) is 5.84. The Labute approximate surface area is 95.0 Å². The lowest BCUT2D eigenvalue weighted by molar-refractivity contribution is -0.135. The van der Waals surface area contributed by atoms with Crippen LogP contribution >= 0.6 is 0 Å². The van der Waals surface area contributed by atoms with Crippen molar-refractivity contribution >= 4 is 0 Å². The molecule has 1 saturated heterocycles. The van der Waals surface area contributed by atoms with Crippen molar-refractivity contribution in [3.05, 3.63) is 0 Å². The van der Waals surface area contributed by atoms with E-state index in [9.17, 15) is 15.3 Å². The molecule has 0 aliphatic carbocycles. The molecular weight excluding hydrogens is 214 g/mol. The maximum atomic E-state index is 9.56. The molecule has 5 atom stereocenters. The van der Waals surface area contributed by atoms with Gasteiger partial charge >= 0.3 is 0 Å². The Bertz CT molecular complexity index is 230. The predicted octanol–water partition coefficient (Wildman–Crippen LogP) is -1.43. The molecule has 0 amide bonds. The second-order valence-corrected chi connectivity index (χ2v) is 5.06. The fraction of sp³-hybridized carbons (Fsp3) is 1.00. The van der Waals surface area contributed by atoms with E-state index < -0.39 is 30.6 Å². The first-order valence-corrected chi connectivity index (χ1v) is 5.31. The summed E-state index contributed by atoms with van der Waals surface area (Å²) in [7, 11) is 0. The first kappa shape index (κ1) is 13.8. The molecule has 5 N–H and O–H groups in total. The predicted molar refractivity (Wildman–Crippen MR) is 56.6 cm³/mol. The standard InChI is InChI=1S/C10H21NO5/c1-10(2,3)15-4-5(11)8-6(12)7(13)9(14)16-8/h5-9,12-14H,4,11H2,1-3H3. The molecule has 0 spiro atoms. The summed E-state index contributed by atoms with van der Waals surface area (Å²) in [5.74, 6) is 0. The van der Waals surface area contributed by atoms with E-state index in [1.54, 1.807) is 0 Å². The van der Waals surface area contributed by atoms with Gasteiger partial charge in [0, 0.05) is 0 Å². The van der Waals surface area contributed by atoms with Crippen LogP contribution in [0.1, 0.15) is 20.8 Å². The normalized spacial score (nSPS) is 37.7. The molecule has 0 bridgehead atoms. The Morgan fingerprint density at radius 3 is 2.19 bits per heavy atom. The van der Waals surface area contributed by atoms with Crippen LogP contribution in [-0.4, -0.2) is 58.2 Å². The lowest BCUT2D eigenvalue weighted by atomic mass is 10.0. The highest BCUT2D eigenvalue weighted by molar-refractivity contribution is 4.92. The number of hydrogen-bond acceptors (Lipinski definition) is 6. The van der Waals surface area contributed by atoms with Crippen LogP contribution in [0.3, 0.4) is 0 Å². The van der Waals surface area contributed by atoms with Crippen LogP contribution in [0.25, 0.3) is 0 Å². The Hall–Kier alpha value is -0.240. The molecule has 1 fully saturated rings. The van der Waals surface area contributed by atoms with Gasteiger partial charge in [-0.25, -0.2) is 0 Å². The summed E-state index contributed by atoms with van der Waals surface area (Å²) in [6, 6.07) is -0.596. The van der Waals surface area contributed by atoms with E-state index in [-0.39, 0.29) is 12.2 Å². The molecule has 5 unspecified atom stereocenters. The van der Waals surface area contributed by atoms with Crippen LogP contribution in [-0.2, 0) is 9.47 Å². The van der Waals surface area contributed by atoms with Crippen LogP contribution in [0.4, 0.5) is 0 Å². The number of hydrogen-bond donors (Lipinski definition) is 4. The van der Waals surface area contributed by atoms with Gasteiger partial charge < -0.3 is 30.5 Å². The van der Waals surface area contributed by atoms with Crippen molar-refractivity contribution in [2.75, 3.05) is 6.61 Å². The summed E-state index contributed by atoms with van der Waals surface area (Å²) < 4.78 is 10.4. The zero-order valence-corrected chi connectivity index (χ0v) is 9.83. The number of ether oxygens (including phenoxy) is 2. The zero-order valence-electron chi connectivity index (χ0n) is 9.83. The fourth-order valence-electron chi connectivity index (χ4n) is 1.48. The molecule has 96 valence electrons. The highest BCUT2D eigenvalue weighted by Gasteiger charge is 2.44. The first-order valence-electron chi connectivity index (χ1n) is 5.31. The molecule has 6 heteroatoms. The molecule has 1 aliphatic heterocycles. The molecule has 0 aromatic rings. The maximum absolute atomic E-state index is 9.56. The summed E-state index contributed by atoms with van der Waals surface area (Å²) in [4.78, 5) is 0. The van der Waals surface area contributed by atoms with Gasteiger partial charge in [0.2, 0.25) is 0 Å². The average Bonchev–Trinajstić information content (AvgIpc) is 2.41. The van der Waals surface area contributed by atoms with Crippen LogP contribution in [0.15, 0.2) is 0 Å². The monoisotopic (exact) mass is 235 g/mol. The van der Waals surface area contributed by atoms with Crippen molar-refractivity contribution in [1.82, 2.24) is 0 Å². The highest BCUT2D eigenvalue weighted by atomic mass is 16.6. The van der Waals surface area contributed by atoms with E-state index in [1.807, 2.05) is 20.8 Å². The maximum Gasteiger partial charge on any atom is 0.184 e. The molecule has 1 aliphatic rings. The minimum Gasteiger partial charge on any atom is -0.387 e. The number of aliphatic hydroxyl groups is 3. The Balaban J connectivity index is 2.46. The lowest BCUT2D eigenvalue weighted by Crippen LogP contribution is -2.47. The van der Waals surface area contributed by atoms with Gasteiger partial charge in [-0.2, -0.15) is 0 Å². The Morgan fingerprint density at radius 2 is 1.81 bits per heavy atom. The van der Waals surface area contributed by atoms with E-state index in [0.717, 1.165) is 0 Å². The fourth-order valence-corrected chi connectivity index (χ4v) is 1.48. The van der Waals surface area contributed by atoms with Crippen LogP contribution in [0.5, 0.6) is 0 Å². The van der Waals surface area contributed by atoms with Crippen molar-refractivity contribution in [2.45, 2.75) is 57.0 Å². The third-order valence-electron chi connectivity index (χ3n) is 2.41. The summed E-state index contributed by atoms with van der Waals surface area (Å²) >= 11 is 0. The Morgan fingerprint density at radius 1 is 1.25 bits per heavy atom. The second-order valence-electron chi connectivity index (χ2n) is 5.06. The van der Waals surface area contributed by atoms with Gasteiger partial charge in [0.25, 0.3) is 0 Å². The van der Waals surface area contributed by atoms with E-state index in [0.29, 0.717) is 0 Å². The molecular formula is C10H21NO5. The van der Waals surface area contributed by atoms with Gasteiger partial charge in [0.05, 0.1) is 18.2 Å². The van der Waals surface area contributed by atoms with Crippen molar-refractivity contribution in [3.63, 3.8) is 0 Å². The van der Waals surface area contributed by atoms with Gasteiger partial charge in [-0.05, 0) is 20.8 Å². The summed E-state index contributed by atoms with van der Waals surface area (Å²) in [5, 5.41) is 28.0. The van der Waals surface area contributed by atoms with Crippen LogP contribution < -0.4 is 5.73 Å². The second kappa shape index (κ2) is 4.95. The van der Waals surface area contributed by atoms with Gasteiger partial charge in [-0.1, -0.05) is 0 Å². The SMILES string of the molecule is CC(C)(C)OCC(N)C1OC(O)C(O)C1O. The molecule has 0 aromatic heterocycles. The summed E-state index contributed by atoms with van der Waals surface area (Å²) in [5.41, 5.74) is 5.43. The number of rotatable bonds is 3. The largest absolute Gasteiger partial charge is 0.387 e. The van der Waals surface area contributed by atoms with Crippen molar-refractivity contribution in [3.8, 4) is 0 Å². The third kappa shape index (κ3) is 3.38. The minimum absolute atomic E-state index is 0.185. The van der Waals surface area contributed by atoms with Crippen molar-refractivity contribution in [2.24, 2.45) is 5.73 Å². The van der Waals surface area contributed by atoms with E-state index >= 15 is 0 Å². The quantitative estimate of drug-likeness (QED) is 0.478. The zero-order chi connectivity index (χ0) is 12.5. The van der Waals surface area contributed by atoms with Crippen molar-refractivity contribution in [1.29, 1.82) is 0 Å². The van der Waals surface area contributed by atoms with Gasteiger partial charge in [0.1, 0.15) is 18.3 Å². The molecule has 6 nitrogen and oxygen atoms in total. The molecule has 0 saturated carbocycles. The number of nitrogens with two attached hydrogens (primary N) is 1. The van der Waals surface area contributed by atoms with Gasteiger partial charge in [0.15, 0.2) is 6.29 Å². The summed E-state index contributed by atoms with van der Waals surface area (Å²) in [6.07, 6.45) is -4.70. The number of aliphatic hydroxyl groups excluding tert-OH is 3. The first-order chi connectivity index (χ1) is 7.22. The van der Waals surface area contributed by atoms with Gasteiger partial charge in [-0.15, -0.1) is 0 Å². The van der Waals surface area contributed by atoms with Crippen LogP contribution in [0, 0.1) is 0 Å². The molecule has 0 radical (unpaired) electrons. The van der Waals surface area contributed by atoms with E-state index in [2.05, 4.69) is 0 Å². The molecule has 1 heterocycles. The van der Waals surface area contributed by atoms with E-state index in [4.69, 9.17) is 15.2 Å². The molecule has 0 aromatic carbocycles. The topological polar surface area (TPSA) is 105 Å². The minimum atomic E-state index is -1.39. The molecule has 16 heavy (non-hydrogen) atoms. The lowest BCUT2D eigenvalue weighted by Gasteiger charge is -2.26. The third-order valence-corrected chi connectivity index (χ3v) is 2.41. The van der Waals surface area contributed by atoms with E-state index in [1.165, 1.54) is 0 Å². The van der Waals surface area contributed by atoms with Gasteiger partial charge in [-0.3, -0.25) is 0 Å². The highest BCUT2D eigenvalue weighted by Crippen LogP contribution is 2.22. The molecule has 1 rings (SSSR count). The van der Waals surface area contributed by atoms with Crippen LogP contribution in [0.2, 0.25) is 0 Å². The average molecular weight is 235 g/mol.